The van der Waals surface area contributed by atoms with Crippen molar-refractivity contribution >= 4 is 11.9 Å². The number of likely N-dealkylation sites (tertiary alicyclic amines) is 1. The summed E-state index contributed by atoms with van der Waals surface area (Å²) in [4.78, 5) is 18.2. The summed E-state index contributed by atoms with van der Waals surface area (Å²) < 4.78 is 6.05. The Balaban J connectivity index is 1.38. The first kappa shape index (κ1) is 24.5. The molecule has 1 unspecified atom stereocenters. The number of carbonyl (C=O) groups is 1. The monoisotopic (exact) mass is 443 g/mol. The topological polar surface area (TPSA) is 92.0 Å². The second kappa shape index (κ2) is 13.4. The van der Waals surface area contributed by atoms with E-state index < -0.39 is 0 Å². The van der Waals surface area contributed by atoms with E-state index in [0.29, 0.717) is 19.3 Å². The molecule has 0 bridgehead atoms. The Labute approximate surface area is 193 Å². The highest BCUT2D eigenvalue weighted by atomic mass is 16.5. The summed E-state index contributed by atoms with van der Waals surface area (Å²) in [5.74, 6) is 0.598. The summed E-state index contributed by atoms with van der Waals surface area (Å²) >= 11 is 0. The summed E-state index contributed by atoms with van der Waals surface area (Å²) in [6.07, 6.45) is 10.1. The first-order valence-electron chi connectivity index (χ1n) is 12.3. The smallest absolute Gasteiger partial charge is 0.221 e. The maximum atomic E-state index is 11.5. The Kier molecular flexibility index (Phi) is 10.3. The van der Waals surface area contributed by atoms with Crippen molar-refractivity contribution in [2.45, 2.75) is 70.6 Å². The molecule has 1 aliphatic carbocycles. The van der Waals surface area contributed by atoms with Crippen LogP contribution >= 0.6 is 0 Å². The predicted octanol–water partition coefficient (Wildman–Crippen LogP) is 2.79. The van der Waals surface area contributed by atoms with Crippen molar-refractivity contribution in [3.8, 4) is 0 Å². The molecule has 1 aromatic rings. The summed E-state index contributed by atoms with van der Waals surface area (Å²) in [6, 6.07) is 8.60. The van der Waals surface area contributed by atoms with Crippen LogP contribution in [0.15, 0.2) is 29.3 Å². The zero-order valence-corrected chi connectivity index (χ0v) is 19.7. The number of benzene rings is 1. The van der Waals surface area contributed by atoms with E-state index in [1.165, 1.54) is 49.7 Å². The van der Waals surface area contributed by atoms with Gasteiger partial charge in [-0.25, -0.2) is 0 Å². The van der Waals surface area contributed by atoms with E-state index in [1.54, 1.807) is 7.05 Å². The Morgan fingerprint density at radius 3 is 2.66 bits per heavy atom. The lowest BCUT2D eigenvalue weighted by atomic mass is 9.97. The first-order valence-corrected chi connectivity index (χ1v) is 12.3. The van der Waals surface area contributed by atoms with Crippen LogP contribution in [0.5, 0.6) is 0 Å². The lowest BCUT2D eigenvalue weighted by Crippen LogP contribution is -2.40. The third kappa shape index (κ3) is 8.43. The van der Waals surface area contributed by atoms with Crippen LogP contribution in [-0.2, 0) is 22.6 Å². The SMILES string of the molecule is CN=C(NCCOC1CCCCCC1)NCc1cccc(CN2CCCC(C(N)=O)C2)c1. The molecular weight excluding hydrogens is 402 g/mol. The molecule has 7 nitrogen and oxygen atoms in total. The van der Waals surface area contributed by atoms with Gasteiger partial charge in [0, 0.05) is 33.2 Å². The number of nitrogens with one attached hydrogen (secondary N) is 2. The van der Waals surface area contributed by atoms with Gasteiger partial charge < -0.3 is 21.1 Å². The quantitative estimate of drug-likeness (QED) is 0.236. The number of piperidine rings is 1. The molecule has 0 radical (unpaired) electrons. The van der Waals surface area contributed by atoms with Gasteiger partial charge in [-0.1, -0.05) is 49.9 Å². The van der Waals surface area contributed by atoms with Crippen molar-refractivity contribution in [2.75, 3.05) is 33.3 Å². The van der Waals surface area contributed by atoms with Crippen LogP contribution in [0.25, 0.3) is 0 Å². The summed E-state index contributed by atoms with van der Waals surface area (Å²) in [5.41, 5.74) is 7.99. The van der Waals surface area contributed by atoms with E-state index in [-0.39, 0.29) is 11.8 Å². The third-order valence-electron chi connectivity index (χ3n) is 6.54. The lowest BCUT2D eigenvalue weighted by Gasteiger charge is -2.31. The number of rotatable bonds is 9. The van der Waals surface area contributed by atoms with Crippen LogP contribution in [0, 0.1) is 5.92 Å². The van der Waals surface area contributed by atoms with Gasteiger partial charge in [0.25, 0.3) is 0 Å². The van der Waals surface area contributed by atoms with Gasteiger partial charge in [0.1, 0.15) is 0 Å². The van der Waals surface area contributed by atoms with Crippen LogP contribution in [0.4, 0.5) is 0 Å². The number of hydrogen-bond donors (Lipinski definition) is 3. The molecule has 7 heteroatoms. The fourth-order valence-corrected chi connectivity index (χ4v) is 4.74. The molecule has 2 aliphatic rings. The normalized spacial score (nSPS) is 21.2. The van der Waals surface area contributed by atoms with Gasteiger partial charge in [0.05, 0.1) is 18.6 Å². The molecular formula is C25H41N5O2. The summed E-state index contributed by atoms with van der Waals surface area (Å²) in [7, 11) is 1.80. The van der Waals surface area contributed by atoms with E-state index in [4.69, 9.17) is 10.5 Å². The van der Waals surface area contributed by atoms with Crippen molar-refractivity contribution in [3.05, 3.63) is 35.4 Å². The zero-order valence-electron chi connectivity index (χ0n) is 19.7. The molecule has 1 aliphatic heterocycles. The average Bonchev–Trinajstić information content (AvgIpc) is 3.08. The number of primary amides is 1. The Morgan fingerprint density at radius 2 is 1.91 bits per heavy atom. The number of aliphatic imine (C=N–C) groups is 1. The van der Waals surface area contributed by atoms with Gasteiger partial charge in [-0.2, -0.15) is 0 Å². The maximum absolute atomic E-state index is 11.5. The molecule has 1 heterocycles. The molecule has 1 saturated carbocycles. The first-order chi connectivity index (χ1) is 15.6. The molecule has 1 amide bonds. The van der Waals surface area contributed by atoms with E-state index in [9.17, 15) is 4.79 Å². The number of nitrogens with zero attached hydrogens (tertiary/aromatic N) is 2. The summed E-state index contributed by atoms with van der Waals surface area (Å²) in [6.45, 7) is 4.81. The van der Waals surface area contributed by atoms with Crippen molar-refractivity contribution < 1.29 is 9.53 Å². The average molecular weight is 444 g/mol. The second-order valence-corrected chi connectivity index (χ2v) is 9.13. The number of carbonyl (C=O) groups excluding carboxylic acids is 1. The van der Waals surface area contributed by atoms with Crippen LogP contribution in [0.2, 0.25) is 0 Å². The van der Waals surface area contributed by atoms with Crippen molar-refractivity contribution in [1.82, 2.24) is 15.5 Å². The minimum atomic E-state index is -0.175. The van der Waals surface area contributed by atoms with Gasteiger partial charge >= 0.3 is 0 Å². The van der Waals surface area contributed by atoms with Gasteiger partial charge in [0.15, 0.2) is 5.96 Å². The fraction of sp³-hybridized carbons (Fsp3) is 0.680. The number of nitrogens with two attached hydrogens (primary N) is 1. The molecule has 1 saturated heterocycles. The van der Waals surface area contributed by atoms with Gasteiger partial charge in [0.2, 0.25) is 5.91 Å². The lowest BCUT2D eigenvalue weighted by molar-refractivity contribution is -0.123. The van der Waals surface area contributed by atoms with Crippen LogP contribution in [0.1, 0.15) is 62.5 Å². The molecule has 4 N–H and O–H groups in total. The Morgan fingerprint density at radius 1 is 1.12 bits per heavy atom. The number of amides is 1. The molecule has 0 spiro atoms. The molecule has 1 atom stereocenters. The van der Waals surface area contributed by atoms with E-state index in [1.807, 2.05) is 0 Å². The highest BCUT2D eigenvalue weighted by Crippen LogP contribution is 2.20. The highest BCUT2D eigenvalue weighted by molar-refractivity contribution is 5.79. The van der Waals surface area contributed by atoms with Crippen molar-refractivity contribution in [3.63, 3.8) is 0 Å². The Bertz CT molecular complexity index is 731. The van der Waals surface area contributed by atoms with Gasteiger partial charge in [-0.05, 0) is 43.4 Å². The minimum absolute atomic E-state index is 0.0189. The third-order valence-corrected chi connectivity index (χ3v) is 6.54. The standard InChI is InChI=1S/C25H41N5O2/c1-27-25(28-13-15-32-23-11-4-2-3-5-12-23)29-17-20-8-6-9-21(16-20)18-30-14-7-10-22(19-30)24(26)31/h6,8-9,16,22-23H,2-5,7,10-15,17-19H2,1H3,(H2,26,31)(H2,27,28,29). The fourth-order valence-electron chi connectivity index (χ4n) is 4.74. The number of hydrogen-bond acceptors (Lipinski definition) is 4. The van der Waals surface area contributed by atoms with Gasteiger partial charge in [-0.3, -0.25) is 14.7 Å². The molecule has 0 aromatic heterocycles. The molecule has 1 aromatic carbocycles. The highest BCUT2D eigenvalue weighted by Gasteiger charge is 2.23. The number of ether oxygens (including phenoxy) is 1. The van der Waals surface area contributed by atoms with E-state index in [2.05, 4.69) is 44.8 Å². The second-order valence-electron chi connectivity index (χ2n) is 9.13. The predicted molar refractivity (Wildman–Crippen MR) is 129 cm³/mol. The van der Waals surface area contributed by atoms with Crippen LogP contribution in [-0.4, -0.2) is 56.2 Å². The zero-order chi connectivity index (χ0) is 22.6. The van der Waals surface area contributed by atoms with E-state index >= 15 is 0 Å². The summed E-state index contributed by atoms with van der Waals surface area (Å²) in [5, 5.41) is 6.75. The molecule has 3 rings (SSSR count). The largest absolute Gasteiger partial charge is 0.376 e. The van der Waals surface area contributed by atoms with Gasteiger partial charge in [-0.15, -0.1) is 0 Å². The van der Waals surface area contributed by atoms with Crippen molar-refractivity contribution in [2.24, 2.45) is 16.6 Å². The van der Waals surface area contributed by atoms with Crippen LogP contribution < -0.4 is 16.4 Å². The molecule has 32 heavy (non-hydrogen) atoms. The molecule has 2 fully saturated rings. The van der Waals surface area contributed by atoms with Crippen LogP contribution in [0.3, 0.4) is 0 Å². The maximum Gasteiger partial charge on any atom is 0.221 e. The van der Waals surface area contributed by atoms with E-state index in [0.717, 1.165) is 45.0 Å². The molecule has 178 valence electrons. The minimum Gasteiger partial charge on any atom is -0.376 e. The number of guanidine groups is 1. The van der Waals surface area contributed by atoms with Crippen molar-refractivity contribution in [1.29, 1.82) is 0 Å². The Hall–Kier alpha value is -2.12.